The summed E-state index contributed by atoms with van der Waals surface area (Å²) < 4.78 is 66.1. The molecular weight excluding hydrogens is 442 g/mol. The second-order valence-electron chi connectivity index (χ2n) is 8.76. The lowest BCUT2D eigenvalue weighted by Crippen LogP contribution is -2.53. The normalized spacial score (nSPS) is 24.5. The Hall–Kier alpha value is -2.81. The molecule has 4 rings (SSSR count). The van der Waals surface area contributed by atoms with Gasteiger partial charge in [-0.3, -0.25) is 4.79 Å². The second-order valence-corrected chi connectivity index (χ2v) is 8.76. The summed E-state index contributed by atoms with van der Waals surface area (Å²) in [7, 11) is 1.53. The molecule has 33 heavy (non-hydrogen) atoms. The molecule has 9 heteroatoms. The average Bonchev–Trinajstić information content (AvgIpc) is 2.95. The second kappa shape index (κ2) is 8.20. The lowest BCUT2D eigenvalue weighted by molar-refractivity contribution is -0.302. The smallest absolute Gasteiger partial charge is 0.424 e. The molecule has 0 saturated carbocycles. The van der Waals surface area contributed by atoms with Crippen LogP contribution in [0.3, 0.4) is 0 Å². The summed E-state index contributed by atoms with van der Waals surface area (Å²) in [6.45, 7) is 3.58. The summed E-state index contributed by atoms with van der Waals surface area (Å²) in [4.78, 5) is 14.5. The SMILES string of the molecule is COc1cccc(O[C@H]2CCc3cc4c(cc3N(C(=O)C(C)C)C2)C(F)C4(O)C(F)(F)F)c1. The fourth-order valence-corrected chi connectivity index (χ4v) is 4.41. The van der Waals surface area contributed by atoms with E-state index < -0.39 is 35.5 Å². The number of aliphatic hydroxyl groups is 1. The fraction of sp³-hybridized carbons (Fsp3) is 0.458. The van der Waals surface area contributed by atoms with Gasteiger partial charge in [-0.05, 0) is 48.2 Å². The van der Waals surface area contributed by atoms with E-state index in [1.54, 1.807) is 38.1 Å². The zero-order valence-corrected chi connectivity index (χ0v) is 18.4. The highest BCUT2D eigenvalue weighted by Gasteiger charge is 2.68. The number of nitrogens with zero attached hydrogens (tertiary/aromatic N) is 1. The standard InChI is InChI=1S/C24H25F4NO4/c1-13(2)22(30)29-12-17(33-16-6-4-5-15(10-16)32-3)8-7-14-9-19-18(11-20(14)29)21(25)23(19,31)24(26,27)28/h4-6,9-11,13,17,21,31H,7-8,12H2,1-3H3/t17-,21?,23?/m0/s1. The number of methoxy groups -OCH3 is 1. The van der Waals surface area contributed by atoms with Gasteiger partial charge in [-0.1, -0.05) is 19.9 Å². The topological polar surface area (TPSA) is 59.0 Å². The van der Waals surface area contributed by atoms with Crippen LogP contribution in [0.25, 0.3) is 0 Å². The highest BCUT2D eigenvalue weighted by Crippen LogP contribution is 2.60. The Morgan fingerprint density at radius 2 is 1.91 bits per heavy atom. The van der Waals surface area contributed by atoms with Crippen LogP contribution >= 0.6 is 0 Å². The van der Waals surface area contributed by atoms with Gasteiger partial charge in [0.2, 0.25) is 11.5 Å². The van der Waals surface area contributed by atoms with Crippen molar-refractivity contribution in [3.8, 4) is 11.5 Å². The van der Waals surface area contributed by atoms with Gasteiger partial charge in [0, 0.05) is 23.2 Å². The summed E-state index contributed by atoms with van der Waals surface area (Å²) in [6.07, 6.45) is -7.51. The van der Waals surface area contributed by atoms with Crippen molar-refractivity contribution in [1.82, 2.24) is 0 Å². The van der Waals surface area contributed by atoms with Crippen LogP contribution in [0.4, 0.5) is 23.2 Å². The summed E-state index contributed by atoms with van der Waals surface area (Å²) in [5, 5.41) is 10.1. The number of ether oxygens (including phenoxy) is 2. The number of hydrogen-bond acceptors (Lipinski definition) is 4. The van der Waals surface area contributed by atoms with Crippen molar-refractivity contribution in [3.05, 3.63) is 53.1 Å². The molecule has 2 aromatic carbocycles. The van der Waals surface area contributed by atoms with Crippen LogP contribution in [0.5, 0.6) is 11.5 Å². The van der Waals surface area contributed by atoms with E-state index in [0.717, 1.165) is 0 Å². The van der Waals surface area contributed by atoms with Gasteiger partial charge < -0.3 is 19.5 Å². The van der Waals surface area contributed by atoms with Crippen molar-refractivity contribution < 1.29 is 36.9 Å². The Kier molecular flexibility index (Phi) is 5.80. The Morgan fingerprint density at radius 3 is 2.55 bits per heavy atom. The van der Waals surface area contributed by atoms with Crippen LogP contribution in [0, 0.1) is 5.92 Å². The van der Waals surface area contributed by atoms with Crippen molar-refractivity contribution in [3.63, 3.8) is 0 Å². The van der Waals surface area contributed by atoms with Gasteiger partial charge in [0.05, 0.1) is 13.7 Å². The van der Waals surface area contributed by atoms with E-state index in [-0.39, 0.29) is 18.0 Å². The number of fused-ring (bicyclic) bond motifs is 2. The van der Waals surface area contributed by atoms with E-state index in [9.17, 15) is 27.5 Å². The fourth-order valence-electron chi connectivity index (χ4n) is 4.41. The quantitative estimate of drug-likeness (QED) is 0.653. The van der Waals surface area contributed by atoms with E-state index in [2.05, 4.69) is 0 Å². The first-order valence-corrected chi connectivity index (χ1v) is 10.7. The third-order valence-corrected chi connectivity index (χ3v) is 6.25. The van der Waals surface area contributed by atoms with Crippen LogP contribution in [0.2, 0.25) is 0 Å². The van der Waals surface area contributed by atoms with Gasteiger partial charge >= 0.3 is 6.18 Å². The van der Waals surface area contributed by atoms with E-state index in [1.807, 2.05) is 0 Å². The maximum atomic E-state index is 14.5. The first-order valence-electron chi connectivity index (χ1n) is 10.7. The molecule has 0 aromatic heterocycles. The molecule has 0 fully saturated rings. The monoisotopic (exact) mass is 467 g/mol. The minimum Gasteiger partial charge on any atom is -0.497 e. The highest BCUT2D eigenvalue weighted by molar-refractivity contribution is 5.96. The predicted molar refractivity (Wildman–Crippen MR) is 113 cm³/mol. The van der Waals surface area contributed by atoms with E-state index in [0.29, 0.717) is 35.6 Å². The van der Waals surface area contributed by atoms with E-state index in [1.165, 1.54) is 24.1 Å². The van der Waals surface area contributed by atoms with Crippen molar-refractivity contribution in [1.29, 1.82) is 0 Å². The van der Waals surface area contributed by atoms with Gasteiger partial charge in [0.1, 0.15) is 17.6 Å². The number of alkyl halides is 4. The molecule has 1 aliphatic carbocycles. The third kappa shape index (κ3) is 3.82. The van der Waals surface area contributed by atoms with Crippen molar-refractivity contribution in [2.75, 3.05) is 18.6 Å². The predicted octanol–water partition coefficient (Wildman–Crippen LogP) is 4.85. The molecule has 1 amide bonds. The number of anilines is 1. The zero-order chi connectivity index (χ0) is 24.1. The molecule has 0 bridgehead atoms. The molecule has 1 N–H and O–H groups in total. The molecule has 2 aromatic rings. The van der Waals surface area contributed by atoms with Gasteiger partial charge in [-0.25, -0.2) is 4.39 Å². The molecule has 2 aliphatic rings. The van der Waals surface area contributed by atoms with Crippen LogP contribution in [-0.4, -0.2) is 36.9 Å². The van der Waals surface area contributed by atoms with Crippen LogP contribution in [0.15, 0.2) is 36.4 Å². The van der Waals surface area contributed by atoms with Crippen LogP contribution < -0.4 is 14.4 Å². The van der Waals surface area contributed by atoms with Crippen molar-refractivity contribution in [2.24, 2.45) is 5.92 Å². The van der Waals surface area contributed by atoms with E-state index >= 15 is 0 Å². The molecule has 2 unspecified atom stereocenters. The number of hydrogen-bond donors (Lipinski definition) is 1. The number of halogens is 4. The average molecular weight is 467 g/mol. The first-order chi connectivity index (χ1) is 15.5. The first kappa shape index (κ1) is 23.4. The summed E-state index contributed by atoms with van der Waals surface area (Å²) in [6, 6.07) is 9.42. The number of carbonyl (C=O) groups is 1. The molecule has 178 valence electrons. The van der Waals surface area contributed by atoms with Gasteiger partial charge in [-0.2, -0.15) is 13.2 Å². The molecule has 3 atom stereocenters. The molecule has 0 spiro atoms. The molecule has 0 saturated heterocycles. The number of rotatable bonds is 4. The zero-order valence-electron chi connectivity index (χ0n) is 18.4. The van der Waals surface area contributed by atoms with Crippen molar-refractivity contribution in [2.45, 2.75) is 50.7 Å². The highest BCUT2D eigenvalue weighted by atomic mass is 19.4. The number of benzene rings is 2. The Morgan fingerprint density at radius 1 is 1.21 bits per heavy atom. The number of carbonyl (C=O) groups excluding carboxylic acids is 1. The lowest BCUT2D eigenvalue weighted by Gasteiger charge is -2.44. The minimum absolute atomic E-state index is 0.153. The van der Waals surface area contributed by atoms with Crippen LogP contribution in [-0.2, 0) is 16.8 Å². The third-order valence-electron chi connectivity index (χ3n) is 6.25. The van der Waals surface area contributed by atoms with Gasteiger partial charge in [0.15, 0.2) is 6.17 Å². The Balaban J connectivity index is 1.71. The Labute approximate surface area is 188 Å². The minimum atomic E-state index is -5.15. The molecule has 1 aliphatic heterocycles. The lowest BCUT2D eigenvalue weighted by atomic mass is 9.70. The maximum Gasteiger partial charge on any atom is 0.424 e. The molecule has 5 nitrogen and oxygen atoms in total. The maximum absolute atomic E-state index is 14.5. The largest absolute Gasteiger partial charge is 0.497 e. The number of amides is 1. The van der Waals surface area contributed by atoms with Gasteiger partial charge in [-0.15, -0.1) is 0 Å². The molecule has 0 radical (unpaired) electrons. The summed E-state index contributed by atoms with van der Waals surface area (Å²) in [5.41, 5.74) is -3.48. The molecular formula is C24H25F4NO4. The molecule has 1 heterocycles. The Bertz CT molecular complexity index is 1070. The van der Waals surface area contributed by atoms with Crippen molar-refractivity contribution >= 4 is 11.6 Å². The summed E-state index contributed by atoms with van der Waals surface area (Å²) in [5.74, 6) is 0.481. The van der Waals surface area contributed by atoms with Crippen LogP contribution in [0.1, 0.15) is 43.1 Å². The van der Waals surface area contributed by atoms with Gasteiger partial charge in [0.25, 0.3) is 0 Å². The number of aryl methyl sites for hydroxylation is 1. The summed E-state index contributed by atoms with van der Waals surface area (Å²) >= 11 is 0. The van der Waals surface area contributed by atoms with E-state index in [4.69, 9.17) is 9.47 Å².